The summed E-state index contributed by atoms with van der Waals surface area (Å²) in [5.74, 6) is 2.85. The highest BCUT2D eigenvalue weighted by molar-refractivity contribution is 5.58. The smallest absolute Gasteiger partial charge is 0.225 e. The molecule has 3 aromatic rings. The average molecular weight is 335 g/mol. The molecule has 2 atom stereocenters. The SMILES string of the molecule is COc1cccc2c1O[C@@]1(C)C[C@@H]2Nc2nc(-c3ccncc3)nn21. The molecule has 0 spiro atoms. The average Bonchev–Trinajstić information content (AvgIpc) is 3.07. The molecule has 0 aliphatic carbocycles. The van der Waals surface area contributed by atoms with Crippen LogP contribution in [-0.2, 0) is 5.72 Å². The number of hydrogen-bond acceptors (Lipinski definition) is 6. The number of nitrogens with zero attached hydrogens (tertiary/aromatic N) is 4. The number of aromatic nitrogens is 4. The fourth-order valence-electron chi connectivity index (χ4n) is 3.60. The molecule has 5 rings (SSSR count). The number of hydrogen-bond donors (Lipinski definition) is 1. The van der Waals surface area contributed by atoms with E-state index in [2.05, 4.69) is 21.4 Å². The minimum atomic E-state index is -0.620. The monoisotopic (exact) mass is 335 g/mol. The van der Waals surface area contributed by atoms with Gasteiger partial charge in [0.2, 0.25) is 11.7 Å². The number of benzene rings is 1. The maximum Gasteiger partial charge on any atom is 0.225 e. The van der Waals surface area contributed by atoms with Gasteiger partial charge >= 0.3 is 0 Å². The number of ether oxygens (including phenoxy) is 2. The van der Waals surface area contributed by atoms with Gasteiger partial charge in [-0.3, -0.25) is 4.98 Å². The van der Waals surface area contributed by atoms with Crippen LogP contribution in [0.2, 0.25) is 0 Å². The first-order chi connectivity index (χ1) is 12.2. The largest absolute Gasteiger partial charge is 0.493 e. The van der Waals surface area contributed by atoms with Crippen molar-refractivity contribution in [2.75, 3.05) is 12.4 Å². The topological polar surface area (TPSA) is 74.1 Å². The third-order valence-corrected chi connectivity index (χ3v) is 4.81. The lowest BCUT2D eigenvalue weighted by molar-refractivity contribution is -0.0364. The quantitative estimate of drug-likeness (QED) is 0.776. The molecule has 2 bridgehead atoms. The number of rotatable bonds is 2. The van der Waals surface area contributed by atoms with E-state index in [-0.39, 0.29) is 6.04 Å². The molecule has 2 aliphatic rings. The lowest BCUT2D eigenvalue weighted by Crippen LogP contribution is -2.47. The molecule has 0 unspecified atom stereocenters. The van der Waals surface area contributed by atoms with Crippen molar-refractivity contribution in [3.05, 3.63) is 48.3 Å². The van der Waals surface area contributed by atoms with Crippen LogP contribution in [0.4, 0.5) is 5.95 Å². The predicted molar refractivity (Wildman–Crippen MR) is 91.5 cm³/mol. The van der Waals surface area contributed by atoms with Gasteiger partial charge in [-0.2, -0.15) is 9.67 Å². The number of nitrogens with one attached hydrogen (secondary N) is 1. The molecule has 0 radical (unpaired) electrons. The molecule has 0 fully saturated rings. The Morgan fingerprint density at radius 1 is 1.28 bits per heavy atom. The lowest BCUT2D eigenvalue weighted by atomic mass is 9.92. The molecule has 0 amide bonds. The molecular weight excluding hydrogens is 318 g/mol. The van der Waals surface area contributed by atoms with Crippen LogP contribution in [0.5, 0.6) is 11.5 Å². The summed E-state index contributed by atoms with van der Waals surface area (Å²) in [6.45, 7) is 2.03. The fraction of sp³-hybridized carbons (Fsp3) is 0.278. The molecule has 7 nitrogen and oxygen atoms in total. The van der Waals surface area contributed by atoms with Gasteiger partial charge in [0, 0.05) is 29.9 Å². The molecule has 0 saturated heterocycles. The molecule has 1 aromatic carbocycles. The van der Waals surface area contributed by atoms with Gasteiger partial charge in [0.05, 0.1) is 13.2 Å². The van der Waals surface area contributed by atoms with Crippen molar-refractivity contribution < 1.29 is 9.47 Å². The predicted octanol–water partition coefficient (Wildman–Crippen LogP) is 2.97. The van der Waals surface area contributed by atoms with Gasteiger partial charge in [0.1, 0.15) is 0 Å². The summed E-state index contributed by atoms with van der Waals surface area (Å²) in [5, 5.41) is 8.18. The second kappa shape index (κ2) is 4.95. The Morgan fingerprint density at radius 2 is 2.12 bits per heavy atom. The summed E-state index contributed by atoms with van der Waals surface area (Å²) in [6, 6.07) is 9.85. The van der Waals surface area contributed by atoms with Crippen molar-refractivity contribution in [1.29, 1.82) is 0 Å². The Kier molecular flexibility index (Phi) is 2.83. The van der Waals surface area contributed by atoms with E-state index in [1.165, 1.54) is 0 Å². The summed E-state index contributed by atoms with van der Waals surface area (Å²) < 4.78 is 13.7. The Balaban J connectivity index is 1.63. The molecule has 4 heterocycles. The van der Waals surface area contributed by atoms with Crippen molar-refractivity contribution >= 4 is 5.95 Å². The molecule has 2 aliphatic heterocycles. The Hall–Kier alpha value is -3.09. The molecular formula is C18H17N5O2. The lowest BCUT2D eigenvalue weighted by Gasteiger charge is -2.44. The Morgan fingerprint density at radius 3 is 2.92 bits per heavy atom. The van der Waals surface area contributed by atoms with Crippen LogP contribution >= 0.6 is 0 Å². The summed E-state index contributed by atoms with van der Waals surface area (Å²) in [5.41, 5.74) is 1.38. The van der Waals surface area contributed by atoms with Crippen molar-refractivity contribution in [2.45, 2.75) is 25.1 Å². The van der Waals surface area contributed by atoms with E-state index in [1.807, 2.05) is 35.9 Å². The minimum Gasteiger partial charge on any atom is -0.493 e. The van der Waals surface area contributed by atoms with Crippen molar-refractivity contribution in [1.82, 2.24) is 19.7 Å². The van der Waals surface area contributed by atoms with E-state index in [0.717, 1.165) is 29.0 Å². The Bertz CT molecular complexity index is 955. The molecule has 126 valence electrons. The van der Waals surface area contributed by atoms with E-state index in [0.29, 0.717) is 11.8 Å². The number of methoxy groups -OCH3 is 1. The van der Waals surface area contributed by atoms with E-state index in [9.17, 15) is 0 Å². The zero-order valence-corrected chi connectivity index (χ0v) is 13.9. The first-order valence-corrected chi connectivity index (χ1v) is 8.18. The van der Waals surface area contributed by atoms with E-state index in [4.69, 9.17) is 14.6 Å². The van der Waals surface area contributed by atoms with Crippen molar-refractivity contribution in [3.8, 4) is 22.9 Å². The maximum atomic E-state index is 6.37. The first-order valence-electron chi connectivity index (χ1n) is 8.18. The molecule has 7 heteroatoms. The Labute approximate surface area is 144 Å². The van der Waals surface area contributed by atoms with Gasteiger partial charge in [-0.25, -0.2) is 0 Å². The van der Waals surface area contributed by atoms with Crippen LogP contribution in [0.1, 0.15) is 24.9 Å². The maximum absolute atomic E-state index is 6.37. The third kappa shape index (κ3) is 2.02. The highest BCUT2D eigenvalue weighted by atomic mass is 16.5. The minimum absolute atomic E-state index is 0.103. The first kappa shape index (κ1) is 14.3. The summed E-state index contributed by atoms with van der Waals surface area (Å²) in [6.07, 6.45) is 4.24. The van der Waals surface area contributed by atoms with Crippen LogP contribution in [-0.4, -0.2) is 26.9 Å². The number of para-hydroxylation sites is 1. The van der Waals surface area contributed by atoms with Gasteiger partial charge in [-0.1, -0.05) is 12.1 Å². The number of pyridine rings is 1. The standard InChI is InChI=1S/C18H17N5O2/c1-18-10-13(12-4-3-5-14(24-2)15(12)25-18)20-17-21-16(22-23(17)18)11-6-8-19-9-7-11/h3-9,13H,10H2,1-2H3,(H,20,21,22)/t13-,18-/m0/s1. The highest BCUT2D eigenvalue weighted by Crippen LogP contribution is 2.50. The van der Waals surface area contributed by atoms with Gasteiger partial charge in [-0.15, -0.1) is 5.10 Å². The number of fused-ring (bicyclic) bond motifs is 6. The second-order valence-corrected chi connectivity index (χ2v) is 6.46. The molecule has 25 heavy (non-hydrogen) atoms. The number of anilines is 1. The fourth-order valence-corrected chi connectivity index (χ4v) is 3.60. The summed E-state index contributed by atoms with van der Waals surface area (Å²) in [4.78, 5) is 8.72. The molecule has 0 saturated carbocycles. The van der Waals surface area contributed by atoms with Crippen LogP contribution in [0.15, 0.2) is 42.7 Å². The van der Waals surface area contributed by atoms with Gasteiger partial charge < -0.3 is 14.8 Å². The zero-order chi connectivity index (χ0) is 17.0. The van der Waals surface area contributed by atoms with E-state index < -0.39 is 5.72 Å². The van der Waals surface area contributed by atoms with E-state index >= 15 is 0 Å². The second-order valence-electron chi connectivity index (χ2n) is 6.46. The summed E-state index contributed by atoms with van der Waals surface area (Å²) >= 11 is 0. The van der Waals surface area contributed by atoms with E-state index in [1.54, 1.807) is 19.5 Å². The van der Waals surface area contributed by atoms with Crippen LogP contribution in [0.3, 0.4) is 0 Å². The molecule has 1 N–H and O–H groups in total. The van der Waals surface area contributed by atoms with Crippen LogP contribution < -0.4 is 14.8 Å². The van der Waals surface area contributed by atoms with Crippen molar-refractivity contribution in [2.24, 2.45) is 0 Å². The van der Waals surface area contributed by atoms with Gasteiger partial charge in [0.15, 0.2) is 17.3 Å². The van der Waals surface area contributed by atoms with Crippen LogP contribution in [0.25, 0.3) is 11.4 Å². The zero-order valence-electron chi connectivity index (χ0n) is 13.9. The summed E-state index contributed by atoms with van der Waals surface area (Å²) in [7, 11) is 1.65. The molecule has 2 aromatic heterocycles. The third-order valence-electron chi connectivity index (χ3n) is 4.81. The van der Waals surface area contributed by atoms with Gasteiger partial charge in [-0.05, 0) is 25.1 Å². The normalized spacial score (nSPS) is 23.0. The van der Waals surface area contributed by atoms with Crippen molar-refractivity contribution in [3.63, 3.8) is 0 Å². The van der Waals surface area contributed by atoms with Crippen LogP contribution in [0, 0.1) is 0 Å². The highest BCUT2D eigenvalue weighted by Gasteiger charge is 2.46. The van der Waals surface area contributed by atoms with Gasteiger partial charge in [0.25, 0.3) is 0 Å².